The number of nitrogens with zero attached hydrogens (tertiary/aromatic N) is 3. The molecule has 3 rings (SSSR count). The van der Waals surface area contributed by atoms with Gasteiger partial charge in [-0.25, -0.2) is 23.1 Å². The van der Waals surface area contributed by atoms with Crippen LogP contribution in [0.25, 0.3) is 0 Å². The Labute approximate surface area is 164 Å². The molecule has 0 saturated heterocycles. The first-order chi connectivity index (χ1) is 14.0. The van der Waals surface area contributed by atoms with Gasteiger partial charge in [-0.15, -0.1) is 0 Å². The van der Waals surface area contributed by atoms with Crippen LogP contribution in [0.4, 0.5) is 19.0 Å². The number of benzene rings is 1. The average molecular weight is 400 g/mol. The summed E-state index contributed by atoms with van der Waals surface area (Å²) < 4.78 is 40.9. The van der Waals surface area contributed by atoms with E-state index in [4.69, 9.17) is 4.84 Å². The predicted octanol–water partition coefficient (Wildman–Crippen LogP) is 4.34. The van der Waals surface area contributed by atoms with Crippen molar-refractivity contribution in [2.24, 2.45) is 5.16 Å². The summed E-state index contributed by atoms with van der Waals surface area (Å²) in [6, 6.07) is 8.79. The Morgan fingerprint density at radius 2 is 1.76 bits per heavy atom. The van der Waals surface area contributed by atoms with Gasteiger partial charge in [0.25, 0.3) is 11.8 Å². The molecule has 2 heterocycles. The van der Waals surface area contributed by atoms with Crippen LogP contribution >= 0.6 is 0 Å². The Bertz CT molecular complexity index is 1040. The minimum Gasteiger partial charge on any atom is -0.333 e. The topological polar surface area (TPSA) is 76.5 Å². The zero-order chi connectivity index (χ0) is 20.8. The van der Waals surface area contributed by atoms with Gasteiger partial charge in [-0.2, -0.15) is 0 Å². The molecular weight excluding hydrogens is 385 g/mol. The Morgan fingerprint density at radius 3 is 2.38 bits per heavy atom. The van der Waals surface area contributed by atoms with Crippen LogP contribution in [0.2, 0.25) is 0 Å². The maximum Gasteiger partial charge on any atom is 0.284 e. The number of rotatable bonds is 6. The number of nitrogens with one attached hydrogen (secondary N) is 1. The van der Waals surface area contributed by atoms with Gasteiger partial charge in [0, 0.05) is 18.0 Å². The van der Waals surface area contributed by atoms with Gasteiger partial charge < -0.3 is 10.2 Å². The number of oxime groups is 1. The van der Waals surface area contributed by atoms with E-state index in [9.17, 15) is 18.0 Å². The Hall–Kier alpha value is -3.75. The fourth-order valence-electron chi connectivity index (χ4n) is 2.39. The zero-order valence-corrected chi connectivity index (χ0v) is 15.2. The van der Waals surface area contributed by atoms with Gasteiger partial charge >= 0.3 is 0 Å². The van der Waals surface area contributed by atoms with E-state index in [-0.39, 0.29) is 11.7 Å². The van der Waals surface area contributed by atoms with Crippen LogP contribution in [-0.2, 0) is 0 Å². The molecule has 0 unspecified atom stereocenters. The average Bonchev–Trinajstić information content (AvgIpc) is 2.70. The quantitative estimate of drug-likeness (QED) is 0.493. The highest BCUT2D eigenvalue weighted by Gasteiger charge is 2.17. The number of amides is 1. The number of hydrogen-bond acceptors (Lipinski definition) is 5. The van der Waals surface area contributed by atoms with Crippen molar-refractivity contribution in [1.82, 2.24) is 9.97 Å². The first kappa shape index (κ1) is 20.0. The van der Waals surface area contributed by atoms with Crippen LogP contribution in [0.5, 0.6) is 5.88 Å². The van der Waals surface area contributed by atoms with Crippen molar-refractivity contribution in [2.75, 3.05) is 5.32 Å². The fraction of sp³-hybridized carbons (Fsp3) is 0.100. The summed E-state index contributed by atoms with van der Waals surface area (Å²) in [7, 11) is 0. The number of carbonyl (C=O) groups is 1. The van der Waals surface area contributed by atoms with Crippen LogP contribution in [-0.4, -0.2) is 21.6 Å². The lowest BCUT2D eigenvalue weighted by atomic mass is 10.1. The molecular formula is C20H15F3N4O2. The molecule has 1 amide bonds. The highest BCUT2D eigenvalue weighted by Crippen LogP contribution is 2.16. The highest BCUT2D eigenvalue weighted by atomic mass is 19.1. The summed E-state index contributed by atoms with van der Waals surface area (Å²) in [5, 5.41) is 6.22. The van der Waals surface area contributed by atoms with Gasteiger partial charge in [0.05, 0.1) is 5.71 Å². The number of pyridine rings is 2. The summed E-state index contributed by atoms with van der Waals surface area (Å²) in [5.41, 5.74) is 0.319. The molecule has 0 aliphatic rings. The molecule has 0 atom stereocenters. The van der Waals surface area contributed by atoms with Crippen LogP contribution in [0.3, 0.4) is 0 Å². The van der Waals surface area contributed by atoms with Gasteiger partial charge in [0.15, 0.2) is 5.82 Å². The van der Waals surface area contributed by atoms with Crippen LogP contribution in [0.15, 0.2) is 60.0 Å². The number of carbonyl (C=O) groups excluding carboxylic acids is 1. The molecule has 0 radical (unpaired) electrons. The van der Waals surface area contributed by atoms with Crippen LogP contribution in [0, 0.1) is 17.5 Å². The smallest absolute Gasteiger partial charge is 0.284 e. The number of halogens is 3. The lowest BCUT2D eigenvalue weighted by Crippen LogP contribution is -2.16. The number of anilines is 1. The molecule has 148 valence electrons. The highest BCUT2D eigenvalue weighted by molar-refractivity contribution is 6.04. The second-order valence-corrected chi connectivity index (χ2v) is 5.76. The van der Waals surface area contributed by atoms with E-state index in [0.717, 1.165) is 12.1 Å². The fourth-order valence-corrected chi connectivity index (χ4v) is 2.39. The maximum atomic E-state index is 13.7. The Balaban J connectivity index is 1.74. The third-order valence-corrected chi connectivity index (χ3v) is 3.83. The standard InChI is InChI=1S/C20H15F3N4O2/c1-2-16(27-29-20-15(23)7-4-10-24-20)12-8-9-17(25-11-12)26-19(28)18-13(21)5-3-6-14(18)22/h3-11H,2H2,1H3,(H,25,26,28)/b27-16+. The van der Waals surface area contributed by atoms with Crippen molar-refractivity contribution in [3.8, 4) is 5.88 Å². The van der Waals surface area contributed by atoms with Crippen molar-refractivity contribution in [1.29, 1.82) is 0 Å². The molecule has 0 aliphatic carbocycles. The lowest BCUT2D eigenvalue weighted by Gasteiger charge is -2.08. The van der Waals surface area contributed by atoms with E-state index in [2.05, 4.69) is 20.4 Å². The number of hydrogen-bond donors (Lipinski definition) is 1. The molecule has 0 fully saturated rings. The van der Waals surface area contributed by atoms with Crippen LogP contribution in [0.1, 0.15) is 29.3 Å². The van der Waals surface area contributed by atoms with Gasteiger partial charge in [0.1, 0.15) is 23.0 Å². The van der Waals surface area contributed by atoms with E-state index < -0.39 is 28.9 Å². The van der Waals surface area contributed by atoms with Crippen molar-refractivity contribution in [2.45, 2.75) is 13.3 Å². The summed E-state index contributed by atoms with van der Waals surface area (Å²) >= 11 is 0. The molecule has 1 N–H and O–H groups in total. The van der Waals surface area contributed by atoms with Crippen molar-refractivity contribution < 1.29 is 22.8 Å². The van der Waals surface area contributed by atoms with Gasteiger partial charge in [-0.1, -0.05) is 18.1 Å². The number of aromatic nitrogens is 2. The van der Waals surface area contributed by atoms with Gasteiger partial charge in [-0.3, -0.25) is 4.79 Å². The SMILES string of the molecule is CC/C(=N\Oc1ncccc1F)c1ccc(NC(=O)c2c(F)cccc2F)nc1. The van der Waals surface area contributed by atoms with Crippen molar-refractivity contribution >= 4 is 17.4 Å². The van der Waals surface area contributed by atoms with Gasteiger partial charge in [0.2, 0.25) is 0 Å². The minimum absolute atomic E-state index is 0.0912. The van der Waals surface area contributed by atoms with E-state index in [0.29, 0.717) is 17.7 Å². The molecule has 0 bridgehead atoms. The normalized spacial score (nSPS) is 11.2. The van der Waals surface area contributed by atoms with E-state index in [1.807, 2.05) is 6.92 Å². The second kappa shape index (κ2) is 8.96. The van der Waals surface area contributed by atoms with E-state index >= 15 is 0 Å². The molecule has 0 saturated carbocycles. The summed E-state index contributed by atoms with van der Waals surface area (Å²) in [6.07, 6.45) is 3.22. The predicted molar refractivity (Wildman–Crippen MR) is 100 cm³/mol. The molecule has 6 nitrogen and oxygen atoms in total. The monoisotopic (exact) mass is 400 g/mol. The molecule has 29 heavy (non-hydrogen) atoms. The lowest BCUT2D eigenvalue weighted by molar-refractivity contribution is 0.101. The van der Waals surface area contributed by atoms with Crippen molar-refractivity contribution in [3.63, 3.8) is 0 Å². The first-order valence-electron chi connectivity index (χ1n) is 8.55. The molecule has 0 aliphatic heterocycles. The first-order valence-corrected chi connectivity index (χ1v) is 8.55. The van der Waals surface area contributed by atoms with E-state index in [1.165, 1.54) is 36.7 Å². The summed E-state index contributed by atoms with van der Waals surface area (Å²) in [6.45, 7) is 1.81. The minimum atomic E-state index is -0.974. The zero-order valence-electron chi connectivity index (χ0n) is 15.2. The second-order valence-electron chi connectivity index (χ2n) is 5.76. The molecule has 3 aromatic rings. The summed E-state index contributed by atoms with van der Waals surface area (Å²) in [4.78, 5) is 24.9. The Morgan fingerprint density at radius 1 is 1.03 bits per heavy atom. The maximum absolute atomic E-state index is 13.7. The third-order valence-electron chi connectivity index (χ3n) is 3.83. The third kappa shape index (κ3) is 4.75. The molecule has 2 aromatic heterocycles. The largest absolute Gasteiger partial charge is 0.333 e. The molecule has 1 aromatic carbocycles. The van der Waals surface area contributed by atoms with E-state index in [1.54, 1.807) is 6.07 Å². The molecule has 0 spiro atoms. The van der Waals surface area contributed by atoms with Crippen molar-refractivity contribution in [3.05, 3.63) is 83.4 Å². The Kier molecular flexibility index (Phi) is 6.18. The summed E-state index contributed by atoms with van der Waals surface area (Å²) in [5.74, 6) is -3.73. The van der Waals surface area contributed by atoms with Crippen LogP contribution < -0.4 is 10.2 Å². The van der Waals surface area contributed by atoms with Gasteiger partial charge in [-0.05, 0) is 42.8 Å². The molecule has 9 heteroatoms.